The van der Waals surface area contributed by atoms with E-state index < -0.39 is 23.5 Å². The zero-order valence-electron chi connectivity index (χ0n) is 22.7. The number of nitrogens with one attached hydrogen (secondary N) is 2. The molecule has 6 rings (SSSR count). The molecule has 1 aliphatic rings. The molecule has 0 atom stereocenters. The Bertz CT molecular complexity index is 1770. The molecule has 12 heteroatoms. The molecule has 1 aliphatic heterocycles. The van der Waals surface area contributed by atoms with E-state index in [4.69, 9.17) is 0 Å². The van der Waals surface area contributed by atoms with Crippen LogP contribution in [0.1, 0.15) is 46.3 Å². The smallest absolute Gasteiger partial charge is 0.346 e. The monoisotopic (exact) mass is 577 g/mol. The Labute approximate surface area is 238 Å². The molecule has 0 spiro atoms. The molecule has 8 nitrogen and oxygen atoms in total. The van der Waals surface area contributed by atoms with Crippen LogP contribution in [0, 0.1) is 12.7 Å². The SMILES string of the molecule is Cc1ccc(C(=O)Nc2cc(CN3CCCCC3)c(F)c(C(F)(F)F)c2)cc1-n1cc(-c2cnc3[nH]ccc3c2)nn1. The molecule has 0 aliphatic carbocycles. The first-order chi connectivity index (χ1) is 20.2. The van der Waals surface area contributed by atoms with Crippen LogP contribution in [0.3, 0.4) is 0 Å². The summed E-state index contributed by atoms with van der Waals surface area (Å²) in [4.78, 5) is 22.6. The summed E-state index contributed by atoms with van der Waals surface area (Å²) in [6.45, 7) is 3.25. The van der Waals surface area contributed by atoms with Gasteiger partial charge in [0.25, 0.3) is 5.91 Å². The minimum Gasteiger partial charge on any atom is -0.346 e. The number of hydrogen-bond donors (Lipinski definition) is 2. The summed E-state index contributed by atoms with van der Waals surface area (Å²) in [6, 6.07) is 10.6. The van der Waals surface area contributed by atoms with Gasteiger partial charge in [0.2, 0.25) is 0 Å². The fourth-order valence-corrected chi connectivity index (χ4v) is 5.23. The summed E-state index contributed by atoms with van der Waals surface area (Å²) < 4.78 is 57.7. The van der Waals surface area contributed by atoms with E-state index in [9.17, 15) is 22.4 Å². The van der Waals surface area contributed by atoms with Gasteiger partial charge in [-0.05, 0) is 74.8 Å². The number of halogens is 4. The molecule has 0 bridgehead atoms. The van der Waals surface area contributed by atoms with Crippen molar-refractivity contribution < 1.29 is 22.4 Å². The summed E-state index contributed by atoms with van der Waals surface area (Å²) >= 11 is 0. The molecule has 0 saturated carbocycles. The van der Waals surface area contributed by atoms with E-state index >= 15 is 0 Å². The number of nitrogens with zero attached hydrogens (tertiary/aromatic N) is 5. The van der Waals surface area contributed by atoms with E-state index in [1.165, 1.54) is 10.7 Å². The van der Waals surface area contributed by atoms with E-state index in [1.54, 1.807) is 36.8 Å². The second kappa shape index (κ2) is 11.0. The van der Waals surface area contributed by atoms with Crippen molar-refractivity contribution in [2.75, 3.05) is 18.4 Å². The van der Waals surface area contributed by atoms with Crippen LogP contribution in [-0.2, 0) is 12.7 Å². The Morgan fingerprint density at radius 2 is 1.88 bits per heavy atom. The van der Waals surface area contributed by atoms with Gasteiger partial charge in [-0.15, -0.1) is 5.10 Å². The van der Waals surface area contributed by atoms with Crippen LogP contribution in [0.25, 0.3) is 28.0 Å². The second-order valence-electron chi connectivity index (χ2n) is 10.5. The molecule has 2 N–H and O–H groups in total. The average molecular weight is 578 g/mol. The number of benzene rings is 2. The highest BCUT2D eigenvalue weighted by molar-refractivity contribution is 6.04. The fraction of sp³-hybridized carbons (Fsp3) is 0.267. The van der Waals surface area contributed by atoms with Crippen molar-refractivity contribution in [2.45, 2.75) is 38.9 Å². The lowest BCUT2D eigenvalue weighted by Gasteiger charge is -2.27. The second-order valence-corrected chi connectivity index (χ2v) is 10.5. The third kappa shape index (κ3) is 5.62. The number of likely N-dealkylation sites (tertiary alicyclic amines) is 1. The van der Waals surface area contributed by atoms with Crippen LogP contribution in [-0.4, -0.2) is 48.9 Å². The van der Waals surface area contributed by atoms with Crippen molar-refractivity contribution in [3.63, 3.8) is 0 Å². The molecule has 1 saturated heterocycles. The third-order valence-corrected chi connectivity index (χ3v) is 7.46. The number of carbonyl (C=O) groups excluding carboxylic acids is 1. The minimum absolute atomic E-state index is 0.0362. The van der Waals surface area contributed by atoms with Crippen LogP contribution in [0.5, 0.6) is 0 Å². The van der Waals surface area contributed by atoms with Crippen molar-refractivity contribution in [1.82, 2.24) is 29.9 Å². The van der Waals surface area contributed by atoms with Crippen molar-refractivity contribution in [3.05, 3.63) is 89.1 Å². The van der Waals surface area contributed by atoms with Crippen molar-refractivity contribution >= 4 is 22.6 Å². The number of H-pyrrole nitrogens is 1. The number of anilines is 1. The molecule has 4 heterocycles. The van der Waals surface area contributed by atoms with Crippen LogP contribution in [0.4, 0.5) is 23.2 Å². The van der Waals surface area contributed by atoms with Gasteiger partial charge in [0.15, 0.2) is 0 Å². The normalized spacial score (nSPS) is 14.4. The number of aromatic nitrogens is 5. The van der Waals surface area contributed by atoms with Gasteiger partial charge in [-0.25, -0.2) is 14.1 Å². The summed E-state index contributed by atoms with van der Waals surface area (Å²) in [7, 11) is 0. The van der Waals surface area contributed by atoms with Crippen molar-refractivity contribution in [2.24, 2.45) is 0 Å². The molecule has 5 aromatic rings. The Balaban J connectivity index is 1.27. The van der Waals surface area contributed by atoms with Gasteiger partial charge in [-0.1, -0.05) is 17.7 Å². The Hall–Kier alpha value is -4.58. The number of hydrogen-bond acceptors (Lipinski definition) is 5. The molecule has 0 radical (unpaired) electrons. The van der Waals surface area contributed by atoms with Gasteiger partial charge < -0.3 is 10.3 Å². The van der Waals surface area contributed by atoms with E-state index in [2.05, 4.69) is 25.6 Å². The van der Waals surface area contributed by atoms with Gasteiger partial charge in [-0.3, -0.25) is 9.69 Å². The Morgan fingerprint density at radius 3 is 2.67 bits per heavy atom. The summed E-state index contributed by atoms with van der Waals surface area (Å²) in [5.74, 6) is -1.95. The van der Waals surface area contributed by atoms with Crippen LogP contribution in [0.15, 0.2) is 61.1 Å². The molecule has 3 aromatic heterocycles. The molecular formula is C30H27F4N7O. The maximum absolute atomic E-state index is 15.0. The summed E-state index contributed by atoms with van der Waals surface area (Å²) in [5, 5.41) is 11.9. The van der Waals surface area contributed by atoms with Gasteiger partial charge in [0.1, 0.15) is 17.2 Å². The number of rotatable bonds is 6. The zero-order valence-corrected chi connectivity index (χ0v) is 22.7. The first-order valence-electron chi connectivity index (χ1n) is 13.6. The van der Waals surface area contributed by atoms with Crippen LogP contribution < -0.4 is 5.32 Å². The van der Waals surface area contributed by atoms with E-state index in [0.29, 0.717) is 30.5 Å². The summed E-state index contributed by atoms with van der Waals surface area (Å²) in [6.07, 6.45) is 3.13. The van der Waals surface area contributed by atoms with E-state index in [-0.39, 0.29) is 23.4 Å². The van der Waals surface area contributed by atoms with Gasteiger partial charge >= 0.3 is 6.18 Å². The number of fused-ring (bicyclic) bond motifs is 1. The lowest BCUT2D eigenvalue weighted by atomic mass is 10.0. The fourth-order valence-electron chi connectivity index (χ4n) is 5.23. The summed E-state index contributed by atoms with van der Waals surface area (Å²) in [5.41, 5.74) is 2.02. The number of aryl methyl sites for hydroxylation is 1. The first-order valence-corrected chi connectivity index (χ1v) is 13.6. The molecule has 0 unspecified atom stereocenters. The quantitative estimate of drug-likeness (QED) is 0.225. The van der Waals surface area contributed by atoms with Crippen LogP contribution in [0.2, 0.25) is 0 Å². The van der Waals surface area contributed by atoms with Gasteiger partial charge in [0.05, 0.1) is 17.4 Å². The zero-order chi connectivity index (χ0) is 29.4. The Kier molecular flexibility index (Phi) is 7.23. The maximum Gasteiger partial charge on any atom is 0.419 e. The highest BCUT2D eigenvalue weighted by atomic mass is 19.4. The molecule has 216 valence electrons. The highest BCUT2D eigenvalue weighted by Gasteiger charge is 2.36. The third-order valence-electron chi connectivity index (χ3n) is 7.46. The van der Waals surface area contributed by atoms with Gasteiger partial charge in [0, 0.05) is 46.7 Å². The predicted molar refractivity (Wildman–Crippen MR) is 150 cm³/mol. The topological polar surface area (TPSA) is 91.7 Å². The highest BCUT2D eigenvalue weighted by Crippen LogP contribution is 2.35. The molecule has 1 fully saturated rings. The lowest BCUT2D eigenvalue weighted by Crippen LogP contribution is -2.30. The number of pyridine rings is 1. The number of amides is 1. The number of aromatic amines is 1. The van der Waals surface area contributed by atoms with Crippen molar-refractivity contribution in [1.29, 1.82) is 0 Å². The van der Waals surface area contributed by atoms with Crippen molar-refractivity contribution in [3.8, 4) is 16.9 Å². The largest absolute Gasteiger partial charge is 0.419 e. The van der Waals surface area contributed by atoms with Crippen LogP contribution >= 0.6 is 0 Å². The average Bonchev–Trinajstić information content (AvgIpc) is 3.64. The molecular weight excluding hydrogens is 550 g/mol. The minimum atomic E-state index is -4.91. The first kappa shape index (κ1) is 27.6. The molecule has 2 aromatic carbocycles. The Morgan fingerprint density at radius 1 is 1.07 bits per heavy atom. The standard InChI is InChI=1S/C30H27F4N7O/c1-18-5-6-20(13-26(18)41-17-25(38-39-41)21-11-19-7-8-35-28(19)36-15-21)29(42)37-23-12-22(16-40-9-3-2-4-10-40)27(31)24(14-23)30(32,33)34/h5-8,11-15,17H,2-4,9-10,16H2,1H3,(H,35,36)(H,37,42). The van der Waals surface area contributed by atoms with E-state index in [0.717, 1.165) is 41.4 Å². The molecule has 1 amide bonds. The number of carbonyl (C=O) groups is 1. The van der Waals surface area contributed by atoms with Gasteiger partial charge in [-0.2, -0.15) is 13.2 Å². The predicted octanol–water partition coefficient (Wildman–Crippen LogP) is 6.52. The lowest BCUT2D eigenvalue weighted by molar-refractivity contribution is -0.140. The number of piperidine rings is 1. The van der Waals surface area contributed by atoms with E-state index in [1.807, 2.05) is 24.0 Å². The molecule has 42 heavy (non-hydrogen) atoms. The number of alkyl halides is 3. The maximum atomic E-state index is 15.0.